The Bertz CT molecular complexity index is 67.9. The van der Waals surface area contributed by atoms with Gasteiger partial charge in [-0.25, -0.2) is 0 Å². The third-order valence-electron chi connectivity index (χ3n) is 0. The van der Waals surface area contributed by atoms with Gasteiger partial charge in [0.25, 0.3) is 0 Å². The third-order valence-corrected chi connectivity index (χ3v) is 0. The summed E-state index contributed by atoms with van der Waals surface area (Å²) in [5, 5.41) is 0. The Morgan fingerprint density at radius 3 is 0.0462 bits per heavy atom. The van der Waals surface area contributed by atoms with Crippen LogP contribution >= 0.6 is 0 Å². The van der Waals surface area contributed by atoms with Gasteiger partial charge in [-0.3, -0.25) is 0 Å². The molecule has 0 aromatic heterocycles. The topological polar surface area (TPSA) is 1890 Å². The zero-order chi connectivity index (χ0) is 0. The van der Waals surface area contributed by atoms with E-state index in [9.17, 15) is 0 Å². The molecule has 0 radical (unpaired) electrons. The van der Waals surface area contributed by atoms with Gasteiger partial charge in [0.05, 0.1) is 0 Å². The van der Waals surface area contributed by atoms with Crippen LogP contribution in [0, 0.1) is 0 Å². The van der Waals surface area contributed by atoms with Gasteiger partial charge in [0, 0.05) is 0 Å². The average molecular weight is 1290 g/mol. The summed E-state index contributed by atoms with van der Waals surface area (Å²) in [7, 11) is 0. The molecule has 0 unspecified atom stereocenters. The molecule has 0 aliphatic rings. The van der Waals surface area contributed by atoms with Crippen LogP contribution in [0.2, 0.25) is 0 Å². The molecular formula is H130Ca5O60. The molecule has 0 fully saturated rings. The normalized spacial score (nSPS) is 0. The Labute approximate surface area is 526 Å². The Kier molecular flexibility index (Phi) is 6430000. The molecule has 0 atom stereocenters. The summed E-state index contributed by atoms with van der Waals surface area (Å²) in [5.41, 5.74) is 0. The number of hydrogen-bond donors (Lipinski definition) is 0. The van der Waals surface area contributed by atoms with E-state index in [1.807, 2.05) is 0 Å². The molecule has 0 spiro atoms. The summed E-state index contributed by atoms with van der Waals surface area (Å²) in [6, 6.07) is 0. The molecule has 60 nitrogen and oxygen atoms in total. The maximum Gasteiger partial charge on any atom is 2.00 e. The predicted molar refractivity (Wildman–Crippen MR) is 257 cm³/mol. The molecule has 0 saturated carbocycles. The van der Waals surface area contributed by atoms with E-state index >= 15 is 0 Å². The van der Waals surface area contributed by atoms with Crippen LogP contribution in [0.15, 0.2) is 0 Å². The molecule has 65 heavy (non-hydrogen) atoms. The summed E-state index contributed by atoms with van der Waals surface area (Å²) in [6.45, 7) is 0. The Morgan fingerprint density at radius 1 is 0.0462 bits per heavy atom. The monoisotopic (exact) mass is 1290 g/mol. The molecule has 0 heterocycles. The first-order valence-corrected chi connectivity index (χ1v) is 0. The largest absolute Gasteiger partial charge is 2.00 e. The van der Waals surface area contributed by atoms with Gasteiger partial charge in [-0.05, 0) is 0 Å². The fraction of sp³-hybridized carbons (Fsp3) is 0. The molecule has 0 aliphatic heterocycles. The quantitative estimate of drug-likeness (QED) is 0.204. The van der Waals surface area contributed by atoms with Crippen LogP contribution in [0.4, 0.5) is 0 Å². The fourth-order valence-electron chi connectivity index (χ4n) is 0. The molecule has 65 heteroatoms. The van der Waals surface area contributed by atoms with Crippen molar-refractivity contribution in [2.24, 2.45) is 0 Å². The Morgan fingerprint density at radius 2 is 0.0462 bits per heavy atom. The fourth-order valence-corrected chi connectivity index (χ4v) is 0. The van der Waals surface area contributed by atoms with Crippen molar-refractivity contribution in [3.8, 4) is 0 Å². The molecule has 0 amide bonds. The van der Waals surface area contributed by atoms with Gasteiger partial charge in [0.1, 0.15) is 0 Å². The molecule has 0 aromatic carbocycles. The minimum absolute atomic E-state index is 0. The summed E-state index contributed by atoms with van der Waals surface area (Å²) >= 11 is 0. The van der Waals surface area contributed by atoms with Crippen molar-refractivity contribution < 1.29 is 343 Å². The van der Waals surface area contributed by atoms with E-state index in [-0.39, 0.29) is 532 Å². The second-order valence-corrected chi connectivity index (χ2v) is 0. The maximum absolute atomic E-state index is 0. The smallest absolute Gasteiger partial charge is 1.00 e. The van der Waals surface area contributed by atoms with Crippen LogP contribution in [-0.4, -0.2) is 517 Å². The standard InChI is InChI=1S/5Ca.60H2O.10H/h;;;;;60*1H2;;;;;;;;;;/q5*+2;;;;;;;;;;;;;;;;;;;;;;;;;;;;;;;;;;;;;;;;;;;;;;;;;;;;;;;;;;;;;10*-1. The van der Waals surface area contributed by atoms with E-state index in [1.165, 1.54) is 0 Å². The summed E-state index contributed by atoms with van der Waals surface area (Å²) < 4.78 is 0. The van der Waals surface area contributed by atoms with Crippen molar-refractivity contribution >= 4 is 189 Å². The number of rotatable bonds is 0. The van der Waals surface area contributed by atoms with Crippen molar-refractivity contribution in [1.29, 1.82) is 0 Å². The van der Waals surface area contributed by atoms with Gasteiger partial charge >= 0.3 is 189 Å². The zero-order valence-corrected chi connectivity index (χ0v) is 44.6. The molecule has 0 aromatic rings. The van der Waals surface area contributed by atoms with Gasteiger partial charge in [-0.1, -0.05) is 0 Å². The van der Waals surface area contributed by atoms with Crippen molar-refractivity contribution in [2.75, 3.05) is 0 Å². The summed E-state index contributed by atoms with van der Waals surface area (Å²) in [5.74, 6) is 0. The molecule has 0 bridgehead atoms. The maximum atomic E-state index is 0. The molecule has 500 valence electrons. The van der Waals surface area contributed by atoms with Gasteiger partial charge in [-0.2, -0.15) is 0 Å². The van der Waals surface area contributed by atoms with Gasteiger partial charge in [-0.15, -0.1) is 0 Å². The Balaban J connectivity index is 0. The van der Waals surface area contributed by atoms with E-state index in [4.69, 9.17) is 0 Å². The van der Waals surface area contributed by atoms with Crippen LogP contribution in [0.25, 0.3) is 0 Å². The first kappa shape index (κ1) is 20900. The molecular weight excluding hydrogens is 1160 g/mol. The molecule has 120 N–H and O–H groups in total. The van der Waals surface area contributed by atoms with E-state index in [0.717, 1.165) is 0 Å². The zero-order valence-electron chi connectivity index (χ0n) is 43.5. The summed E-state index contributed by atoms with van der Waals surface area (Å²) in [6.07, 6.45) is 0. The molecule has 0 aliphatic carbocycles. The molecule has 0 saturated heterocycles. The van der Waals surface area contributed by atoms with Crippen LogP contribution in [0.3, 0.4) is 0 Å². The van der Waals surface area contributed by atoms with E-state index in [2.05, 4.69) is 0 Å². The average Bonchev–Trinajstić information content (AvgIpc) is 0. The van der Waals surface area contributed by atoms with Crippen molar-refractivity contribution in [3.63, 3.8) is 0 Å². The van der Waals surface area contributed by atoms with Crippen molar-refractivity contribution in [3.05, 3.63) is 0 Å². The second-order valence-electron chi connectivity index (χ2n) is 0. The van der Waals surface area contributed by atoms with Gasteiger partial charge in [0.2, 0.25) is 0 Å². The van der Waals surface area contributed by atoms with E-state index < -0.39 is 0 Å². The third kappa shape index (κ3) is 19400. The predicted octanol–water partition coefficient (Wildman–Crippen LogP) is -50.3. The van der Waals surface area contributed by atoms with Crippen LogP contribution < -0.4 is 0 Å². The van der Waals surface area contributed by atoms with Crippen molar-refractivity contribution in [2.45, 2.75) is 0 Å². The first-order chi connectivity index (χ1) is 0. The van der Waals surface area contributed by atoms with Crippen LogP contribution in [0.5, 0.6) is 0 Å². The van der Waals surface area contributed by atoms with Crippen LogP contribution in [0.1, 0.15) is 14.3 Å². The number of hydrogen-bond acceptors (Lipinski definition) is 0. The molecule has 0 rings (SSSR count). The summed E-state index contributed by atoms with van der Waals surface area (Å²) in [4.78, 5) is 0. The van der Waals surface area contributed by atoms with Crippen molar-refractivity contribution in [1.82, 2.24) is 0 Å². The van der Waals surface area contributed by atoms with Gasteiger partial charge in [0.15, 0.2) is 0 Å². The van der Waals surface area contributed by atoms with Crippen LogP contribution in [-0.2, 0) is 0 Å². The van der Waals surface area contributed by atoms with E-state index in [0.29, 0.717) is 0 Å². The minimum Gasteiger partial charge on any atom is -1.00 e. The second kappa shape index (κ2) is 20000. The first-order valence-electron chi connectivity index (χ1n) is 0. The van der Waals surface area contributed by atoms with Gasteiger partial charge < -0.3 is 343 Å². The Hall–Kier alpha value is 3.90. The SMILES string of the molecule is O.O.O.O.O.O.O.O.O.O.O.O.O.O.O.O.O.O.O.O.O.O.O.O.O.O.O.O.O.O.O.O.O.O.O.O.O.O.O.O.O.O.O.O.O.O.O.O.O.O.O.O.O.O.O.O.O.O.O.O.[Ca+2].[Ca+2].[Ca+2].[Ca+2].[Ca+2].[H-].[H-].[H-].[H-].[H-].[H-].[H-].[H-].[H-].[H-]. The minimum atomic E-state index is 0. The van der Waals surface area contributed by atoms with E-state index in [1.54, 1.807) is 0 Å².